The first-order valence-electron chi connectivity index (χ1n) is 9.41. The van der Waals surface area contributed by atoms with Crippen LogP contribution < -0.4 is 9.64 Å². The number of hydrogen-bond acceptors (Lipinski definition) is 3. The highest BCUT2D eigenvalue weighted by Gasteiger charge is 2.01. The minimum atomic E-state index is 0.663. The second-order valence-electron chi connectivity index (χ2n) is 6.89. The zero-order valence-electron chi connectivity index (χ0n) is 17.0. The number of ether oxygens (including phenoxy) is 1. The predicted octanol–water partition coefficient (Wildman–Crippen LogP) is 5.97. The van der Waals surface area contributed by atoms with Gasteiger partial charge in [-0.15, -0.1) is 0 Å². The Morgan fingerprint density at radius 1 is 0.759 bits per heavy atom. The van der Waals surface area contributed by atoms with Gasteiger partial charge in [0.1, 0.15) is 5.75 Å². The summed E-state index contributed by atoms with van der Waals surface area (Å²) in [5, 5.41) is 8.88. The van der Waals surface area contributed by atoms with Gasteiger partial charge >= 0.3 is 0 Å². The molecular weight excluding hydrogens is 356 g/mol. The zero-order valence-corrected chi connectivity index (χ0v) is 17.0. The van der Waals surface area contributed by atoms with Crippen molar-refractivity contribution in [2.24, 2.45) is 0 Å². The third kappa shape index (κ3) is 5.37. The van der Waals surface area contributed by atoms with Crippen LogP contribution in [0.15, 0.2) is 66.7 Å². The highest BCUT2D eigenvalue weighted by atomic mass is 16.5. The van der Waals surface area contributed by atoms with E-state index in [0.717, 1.165) is 28.0 Å². The first kappa shape index (κ1) is 20.0. The molecule has 0 aliphatic carbocycles. The number of nitrogens with zero attached hydrogens (tertiary/aromatic N) is 2. The fourth-order valence-corrected chi connectivity index (χ4v) is 2.90. The van der Waals surface area contributed by atoms with Gasteiger partial charge in [-0.3, -0.25) is 0 Å². The van der Waals surface area contributed by atoms with Gasteiger partial charge in [0.2, 0.25) is 0 Å². The van der Waals surface area contributed by atoms with Gasteiger partial charge in [0.25, 0.3) is 0 Å². The van der Waals surface area contributed by atoms with Crippen LogP contribution >= 0.6 is 0 Å². The van der Waals surface area contributed by atoms with E-state index in [9.17, 15) is 0 Å². The Hall–Kier alpha value is -3.77. The van der Waals surface area contributed by atoms with Gasteiger partial charge in [0.05, 0.1) is 18.7 Å². The molecule has 3 aromatic rings. The van der Waals surface area contributed by atoms with Crippen molar-refractivity contribution in [3.63, 3.8) is 0 Å². The van der Waals surface area contributed by atoms with Crippen molar-refractivity contribution in [3.05, 3.63) is 94.5 Å². The van der Waals surface area contributed by atoms with Crippen molar-refractivity contribution in [1.29, 1.82) is 5.26 Å². The largest absolute Gasteiger partial charge is 0.496 e. The van der Waals surface area contributed by atoms with E-state index in [-0.39, 0.29) is 0 Å². The van der Waals surface area contributed by atoms with E-state index in [1.807, 2.05) is 56.6 Å². The SMILES string of the molecule is COc1cc(/C=C/c2ccc(C#N)cc2)ccc1/C=C/c1ccc(N(C)C)cc1. The maximum atomic E-state index is 8.88. The topological polar surface area (TPSA) is 36.3 Å². The van der Waals surface area contributed by atoms with E-state index in [0.29, 0.717) is 5.56 Å². The maximum Gasteiger partial charge on any atom is 0.126 e. The number of hydrogen-bond donors (Lipinski definition) is 0. The lowest BCUT2D eigenvalue weighted by molar-refractivity contribution is 0.414. The normalized spacial score (nSPS) is 11.0. The minimum Gasteiger partial charge on any atom is -0.496 e. The van der Waals surface area contributed by atoms with Crippen LogP contribution in [0.2, 0.25) is 0 Å². The molecule has 0 radical (unpaired) electrons. The number of rotatable bonds is 6. The van der Waals surface area contributed by atoms with Crippen LogP contribution in [0.5, 0.6) is 5.75 Å². The Bertz CT molecular complexity index is 1050. The number of benzene rings is 3. The van der Waals surface area contributed by atoms with E-state index in [2.05, 4.69) is 59.5 Å². The van der Waals surface area contributed by atoms with Crippen molar-refractivity contribution < 1.29 is 4.74 Å². The predicted molar refractivity (Wildman–Crippen MR) is 123 cm³/mol. The Morgan fingerprint density at radius 3 is 1.90 bits per heavy atom. The summed E-state index contributed by atoms with van der Waals surface area (Å²) >= 11 is 0. The molecule has 3 rings (SSSR count). The lowest BCUT2D eigenvalue weighted by atomic mass is 10.1. The lowest BCUT2D eigenvalue weighted by Gasteiger charge is -2.11. The van der Waals surface area contributed by atoms with Crippen LogP contribution in [0, 0.1) is 11.3 Å². The molecule has 0 N–H and O–H groups in total. The summed E-state index contributed by atoms with van der Waals surface area (Å²) in [4.78, 5) is 2.08. The molecule has 0 heterocycles. The molecule has 0 unspecified atom stereocenters. The minimum absolute atomic E-state index is 0.663. The van der Waals surface area contributed by atoms with E-state index in [1.165, 1.54) is 5.69 Å². The van der Waals surface area contributed by atoms with Gasteiger partial charge in [0, 0.05) is 25.3 Å². The molecule has 0 saturated heterocycles. The highest BCUT2D eigenvalue weighted by Crippen LogP contribution is 2.24. The van der Waals surface area contributed by atoms with Crippen molar-refractivity contribution in [2.45, 2.75) is 0 Å². The van der Waals surface area contributed by atoms with Crippen molar-refractivity contribution >= 4 is 30.0 Å². The van der Waals surface area contributed by atoms with E-state index in [1.54, 1.807) is 7.11 Å². The van der Waals surface area contributed by atoms with Gasteiger partial charge in [0.15, 0.2) is 0 Å². The molecule has 3 heteroatoms. The third-order valence-electron chi connectivity index (χ3n) is 4.63. The molecule has 0 aromatic heterocycles. The van der Waals surface area contributed by atoms with Crippen molar-refractivity contribution in [3.8, 4) is 11.8 Å². The fourth-order valence-electron chi connectivity index (χ4n) is 2.90. The van der Waals surface area contributed by atoms with Gasteiger partial charge in [-0.2, -0.15) is 5.26 Å². The molecule has 0 bridgehead atoms. The maximum absolute atomic E-state index is 8.88. The lowest BCUT2D eigenvalue weighted by Crippen LogP contribution is -2.07. The Morgan fingerprint density at radius 2 is 1.31 bits per heavy atom. The van der Waals surface area contributed by atoms with Crippen LogP contribution in [0.25, 0.3) is 24.3 Å². The first-order valence-corrected chi connectivity index (χ1v) is 9.41. The van der Waals surface area contributed by atoms with Crippen molar-refractivity contribution in [1.82, 2.24) is 0 Å². The molecule has 0 aliphatic rings. The Labute approximate surface area is 172 Å². The third-order valence-corrected chi connectivity index (χ3v) is 4.63. The quantitative estimate of drug-likeness (QED) is 0.494. The summed E-state index contributed by atoms with van der Waals surface area (Å²) in [7, 11) is 5.76. The van der Waals surface area contributed by atoms with Crippen LogP contribution in [-0.4, -0.2) is 21.2 Å². The summed E-state index contributed by atoms with van der Waals surface area (Å²) in [5.74, 6) is 0.827. The molecule has 0 fully saturated rings. The summed E-state index contributed by atoms with van der Waals surface area (Å²) in [6.45, 7) is 0. The Balaban J connectivity index is 1.75. The molecule has 29 heavy (non-hydrogen) atoms. The monoisotopic (exact) mass is 380 g/mol. The average molecular weight is 380 g/mol. The average Bonchev–Trinajstić information content (AvgIpc) is 2.77. The number of methoxy groups -OCH3 is 1. The molecule has 0 saturated carbocycles. The standard InChI is InChI=1S/C26H24N2O/c1-28(2)25-16-12-21(13-17-25)10-14-24-15-11-22(18-26(24)29-3)7-4-20-5-8-23(19-27)9-6-20/h4-18H,1-3H3/b7-4+,14-10+. The van der Waals surface area contributed by atoms with Gasteiger partial charge in [-0.1, -0.05) is 60.7 Å². The molecular formula is C26H24N2O. The molecule has 3 aromatic carbocycles. The van der Waals surface area contributed by atoms with Crippen LogP contribution in [0.1, 0.15) is 27.8 Å². The molecule has 144 valence electrons. The van der Waals surface area contributed by atoms with E-state index in [4.69, 9.17) is 10.00 Å². The highest BCUT2D eigenvalue weighted by molar-refractivity contribution is 5.76. The van der Waals surface area contributed by atoms with Crippen molar-refractivity contribution in [2.75, 3.05) is 26.1 Å². The van der Waals surface area contributed by atoms with Gasteiger partial charge in [-0.25, -0.2) is 0 Å². The summed E-state index contributed by atoms with van der Waals surface area (Å²) < 4.78 is 5.58. The number of nitriles is 1. The molecule has 0 atom stereocenters. The van der Waals surface area contributed by atoms with E-state index < -0.39 is 0 Å². The van der Waals surface area contributed by atoms with E-state index >= 15 is 0 Å². The Kier molecular flexibility index (Phi) is 6.50. The molecule has 0 spiro atoms. The van der Waals surface area contributed by atoms with Crippen LogP contribution in [-0.2, 0) is 0 Å². The number of anilines is 1. The molecule has 3 nitrogen and oxygen atoms in total. The molecule has 0 aliphatic heterocycles. The van der Waals surface area contributed by atoms with Gasteiger partial charge < -0.3 is 9.64 Å². The summed E-state index contributed by atoms with van der Waals surface area (Å²) in [6, 6.07) is 24.2. The molecule has 0 amide bonds. The van der Waals surface area contributed by atoms with Gasteiger partial charge in [-0.05, 0) is 47.0 Å². The van der Waals surface area contributed by atoms with Crippen LogP contribution in [0.4, 0.5) is 5.69 Å². The summed E-state index contributed by atoms with van der Waals surface area (Å²) in [5.41, 5.74) is 6.11. The van der Waals surface area contributed by atoms with Crippen LogP contribution in [0.3, 0.4) is 0 Å². The zero-order chi connectivity index (χ0) is 20.6. The first-order chi connectivity index (χ1) is 14.1. The summed E-state index contributed by atoms with van der Waals surface area (Å²) in [6.07, 6.45) is 8.22. The smallest absolute Gasteiger partial charge is 0.126 e. The fraction of sp³-hybridized carbons (Fsp3) is 0.115. The second-order valence-corrected chi connectivity index (χ2v) is 6.89. The second kappa shape index (κ2) is 9.43.